The summed E-state index contributed by atoms with van der Waals surface area (Å²) in [7, 11) is 0. The Labute approximate surface area is 184 Å². The molecule has 162 valence electrons. The number of nitrogens with two attached hydrogens (primary N) is 2. The molecule has 5 N–H and O–H groups in total. The molecule has 3 heterocycles. The lowest BCUT2D eigenvalue weighted by Gasteiger charge is -2.28. The lowest BCUT2D eigenvalue weighted by molar-refractivity contribution is -0.125. The number of nitrogens with zero attached hydrogens (tertiary/aromatic N) is 5. The van der Waals surface area contributed by atoms with E-state index in [9.17, 15) is 4.79 Å². The third-order valence-electron chi connectivity index (χ3n) is 6.17. The molecule has 9 nitrogen and oxygen atoms in total. The molecule has 1 unspecified atom stereocenters. The average Bonchev–Trinajstić information content (AvgIpc) is 3.32. The van der Waals surface area contributed by atoms with Gasteiger partial charge in [-0.1, -0.05) is 17.7 Å². The fraction of sp³-hybridized carbons (Fsp3) is 0.429. The zero-order chi connectivity index (χ0) is 21.8. The minimum atomic E-state index is -0.905. The maximum Gasteiger partial charge on any atom is 0.242 e. The van der Waals surface area contributed by atoms with Crippen LogP contribution < -0.4 is 21.7 Å². The predicted octanol–water partition coefficient (Wildman–Crippen LogP) is 1.60. The van der Waals surface area contributed by atoms with Crippen molar-refractivity contribution in [2.24, 2.45) is 5.73 Å². The Kier molecular flexibility index (Phi) is 4.75. The highest BCUT2D eigenvalue weighted by Crippen LogP contribution is 2.36. The second-order valence-electron chi connectivity index (χ2n) is 8.57. The van der Waals surface area contributed by atoms with Gasteiger partial charge in [0.25, 0.3) is 0 Å². The van der Waals surface area contributed by atoms with E-state index >= 15 is 0 Å². The second kappa shape index (κ2) is 7.35. The molecule has 1 aliphatic carbocycles. The van der Waals surface area contributed by atoms with Crippen LogP contribution in [0.25, 0.3) is 11.2 Å². The zero-order valence-corrected chi connectivity index (χ0v) is 18.1. The van der Waals surface area contributed by atoms with Crippen molar-refractivity contribution in [3.05, 3.63) is 40.9 Å². The van der Waals surface area contributed by atoms with E-state index in [2.05, 4.69) is 25.2 Å². The second-order valence-corrected chi connectivity index (χ2v) is 8.98. The largest absolute Gasteiger partial charge is 0.382 e. The first-order valence-electron chi connectivity index (χ1n) is 10.4. The van der Waals surface area contributed by atoms with Gasteiger partial charge < -0.3 is 26.3 Å². The Morgan fingerprint density at radius 1 is 1.32 bits per heavy atom. The van der Waals surface area contributed by atoms with Crippen molar-refractivity contribution in [2.45, 2.75) is 44.3 Å². The Hall–Kier alpha value is -2.91. The number of fused-ring (bicyclic) bond motifs is 1. The predicted molar refractivity (Wildman–Crippen MR) is 120 cm³/mol. The molecular formula is C21H25ClN8O. The van der Waals surface area contributed by atoms with Crippen molar-refractivity contribution < 1.29 is 4.79 Å². The van der Waals surface area contributed by atoms with Gasteiger partial charge in [-0.3, -0.25) is 4.79 Å². The number of aromatic nitrogens is 4. The Morgan fingerprint density at radius 2 is 2.13 bits per heavy atom. The van der Waals surface area contributed by atoms with Gasteiger partial charge in [-0.25, -0.2) is 15.0 Å². The molecule has 3 aromatic rings. The van der Waals surface area contributed by atoms with Crippen molar-refractivity contribution >= 4 is 40.2 Å². The highest BCUT2D eigenvalue weighted by atomic mass is 35.5. The monoisotopic (exact) mass is 440 g/mol. The number of nitrogen functional groups attached to an aromatic ring is 1. The molecule has 10 heteroatoms. The minimum Gasteiger partial charge on any atom is -0.382 e. The van der Waals surface area contributed by atoms with Crippen LogP contribution in [-0.2, 0) is 11.3 Å². The topological polar surface area (TPSA) is 128 Å². The summed E-state index contributed by atoms with van der Waals surface area (Å²) < 4.78 is 1.91. The summed E-state index contributed by atoms with van der Waals surface area (Å²) in [5.41, 5.74) is 15.8. The van der Waals surface area contributed by atoms with Gasteiger partial charge in [0.15, 0.2) is 11.5 Å². The number of benzene rings is 1. The number of imidazole rings is 1. The number of hydrogen-bond acceptors (Lipinski definition) is 7. The van der Waals surface area contributed by atoms with Crippen molar-refractivity contribution in [1.29, 1.82) is 0 Å². The molecule has 2 aromatic heterocycles. The standard InChI is InChI=1S/C21H25ClN8O/c1-12-2-5-15(22)14(8-30-11-27-16-18(23)25-10-26-19(16)30)17(12)29-7-6-21(24,9-29)20(31)28-13-3-4-13/h2,5,10-11,13H,3-4,6-9,24H2,1H3,(H,28,31)(H2,23,25,26). The highest BCUT2D eigenvalue weighted by Gasteiger charge is 2.43. The maximum atomic E-state index is 12.7. The summed E-state index contributed by atoms with van der Waals surface area (Å²) in [4.78, 5) is 27.6. The molecule has 31 heavy (non-hydrogen) atoms. The lowest BCUT2D eigenvalue weighted by Crippen LogP contribution is -2.56. The van der Waals surface area contributed by atoms with Crippen LogP contribution in [0.4, 0.5) is 11.5 Å². The quantitative estimate of drug-likeness (QED) is 0.549. The Bertz CT molecular complexity index is 1170. The molecule has 2 aliphatic rings. The third kappa shape index (κ3) is 3.57. The number of aryl methyl sites for hydroxylation is 1. The fourth-order valence-electron chi connectivity index (χ4n) is 4.27. The molecular weight excluding hydrogens is 416 g/mol. The summed E-state index contributed by atoms with van der Waals surface area (Å²) in [5, 5.41) is 3.70. The first kappa shape index (κ1) is 20.0. The number of rotatable bonds is 5. The van der Waals surface area contributed by atoms with Gasteiger partial charge in [0, 0.05) is 35.4 Å². The highest BCUT2D eigenvalue weighted by molar-refractivity contribution is 6.31. The number of carbonyl (C=O) groups excluding carboxylic acids is 1. The van der Waals surface area contributed by atoms with E-state index in [1.54, 1.807) is 6.33 Å². The average molecular weight is 441 g/mol. The van der Waals surface area contributed by atoms with Crippen molar-refractivity contribution in [1.82, 2.24) is 24.8 Å². The summed E-state index contributed by atoms with van der Waals surface area (Å²) in [6.45, 7) is 3.63. The smallest absolute Gasteiger partial charge is 0.242 e. The molecule has 1 amide bonds. The third-order valence-corrected chi connectivity index (χ3v) is 6.52. The van der Waals surface area contributed by atoms with E-state index in [4.69, 9.17) is 23.1 Å². The van der Waals surface area contributed by atoms with Crippen LogP contribution >= 0.6 is 11.6 Å². The van der Waals surface area contributed by atoms with Gasteiger partial charge in [-0.05, 0) is 37.8 Å². The summed E-state index contributed by atoms with van der Waals surface area (Å²) >= 11 is 6.66. The zero-order valence-electron chi connectivity index (χ0n) is 17.3. The number of anilines is 2. The molecule has 1 atom stereocenters. The number of nitrogens with one attached hydrogen (secondary N) is 1. The minimum absolute atomic E-state index is 0.0634. The van der Waals surface area contributed by atoms with E-state index in [-0.39, 0.29) is 11.9 Å². The molecule has 1 aromatic carbocycles. The SMILES string of the molecule is Cc1ccc(Cl)c(Cn2cnc3c(N)ncnc32)c1N1CCC(N)(C(=O)NC2CC2)C1. The van der Waals surface area contributed by atoms with E-state index < -0.39 is 5.54 Å². The molecule has 5 rings (SSSR count). The van der Waals surface area contributed by atoms with Crippen molar-refractivity contribution in [3.63, 3.8) is 0 Å². The normalized spacial score (nSPS) is 21.1. The molecule has 1 saturated heterocycles. The number of halogens is 1. The van der Waals surface area contributed by atoms with Gasteiger partial charge in [-0.15, -0.1) is 0 Å². The molecule has 2 fully saturated rings. The van der Waals surface area contributed by atoms with Crippen LogP contribution in [0.5, 0.6) is 0 Å². The van der Waals surface area contributed by atoms with Gasteiger partial charge in [0.1, 0.15) is 17.4 Å². The van der Waals surface area contributed by atoms with Crippen LogP contribution in [0.2, 0.25) is 5.02 Å². The van der Waals surface area contributed by atoms with E-state index in [1.807, 2.05) is 23.6 Å². The van der Waals surface area contributed by atoms with Crippen LogP contribution in [0, 0.1) is 6.92 Å². The van der Waals surface area contributed by atoms with E-state index in [1.165, 1.54) is 6.33 Å². The number of hydrogen-bond donors (Lipinski definition) is 3. The molecule has 0 bridgehead atoms. The molecule has 0 radical (unpaired) electrons. The molecule has 1 aliphatic heterocycles. The first-order chi connectivity index (χ1) is 14.9. The van der Waals surface area contributed by atoms with Crippen LogP contribution in [0.1, 0.15) is 30.4 Å². The van der Waals surface area contributed by atoms with E-state index in [0.29, 0.717) is 48.1 Å². The maximum absolute atomic E-state index is 12.7. The van der Waals surface area contributed by atoms with Crippen molar-refractivity contribution in [2.75, 3.05) is 23.7 Å². The van der Waals surface area contributed by atoms with Gasteiger partial charge >= 0.3 is 0 Å². The summed E-state index contributed by atoms with van der Waals surface area (Å²) in [6, 6.07) is 4.17. The summed E-state index contributed by atoms with van der Waals surface area (Å²) in [6.07, 6.45) is 5.79. The number of amides is 1. The first-order valence-corrected chi connectivity index (χ1v) is 10.8. The van der Waals surface area contributed by atoms with Crippen LogP contribution in [-0.4, -0.2) is 50.1 Å². The summed E-state index contributed by atoms with van der Waals surface area (Å²) in [5.74, 6) is 0.278. The van der Waals surface area contributed by atoms with Crippen LogP contribution in [0.15, 0.2) is 24.8 Å². The van der Waals surface area contributed by atoms with Crippen LogP contribution in [0.3, 0.4) is 0 Å². The van der Waals surface area contributed by atoms with Gasteiger partial charge in [0.05, 0.1) is 12.9 Å². The number of carbonyl (C=O) groups is 1. The van der Waals surface area contributed by atoms with Crippen molar-refractivity contribution in [3.8, 4) is 0 Å². The lowest BCUT2D eigenvalue weighted by atomic mass is 9.99. The Morgan fingerprint density at radius 3 is 2.90 bits per heavy atom. The fourth-order valence-corrected chi connectivity index (χ4v) is 4.48. The van der Waals surface area contributed by atoms with Gasteiger partial charge in [0.2, 0.25) is 5.91 Å². The molecule has 0 spiro atoms. The Balaban J connectivity index is 1.48. The van der Waals surface area contributed by atoms with Gasteiger partial charge in [-0.2, -0.15) is 0 Å². The van der Waals surface area contributed by atoms with E-state index in [0.717, 1.165) is 29.7 Å². The molecule has 1 saturated carbocycles.